The molecule has 2 aromatic rings. The number of carbonyl (C=O) groups is 2. The molecule has 24 heavy (non-hydrogen) atoms. The van der Waals surface area contributed by atoms with E-state index in [4.69, 9.17) is 5.11 Å². The Morgan fingerprint density at radius 2 is 1.92 bits per heavy atom. The fourth-order valence-electron chi connectivity index (χ4n) is 2.10. The number of thiophene rings is 1. The number of carbonyl (C=O) groups excluding carboxylic acids is 1. The molecular formula is C16H15F2NO4S. The van der Waals surface area contributed by atoms with Gasteiger partial charge in [0, 0.05) is 18.5 Å². The number of benzene rings is 1. The van der Waals surface area contributed by atoms with Crippen molar-refractivity contribution in [3.63, 3.8) is 0 Å². The number of nitrogens with zero attached hydrogens (tertiary/aromatic N) is 1. The van der Waals surface area contributed by atoms with E-state index in [1.807, 2.05) is 0 Å². The van der Waals surface area contributed by atoms with Gasteiger partial charge in [-0.05, 0) is 30.7 Å². The normalized spacial score (nSPS) is 10.7. The van der Waals surface area contributed by atoms with Crippen molar-refractivity contribution >= 4 is 23.2 Å². The molecule has 0 aliphatic heterocycles. The van der Waals surface area contributed by atoms with Crippen molar-refractivity contribution in [3.05, 3.63) is 51.2 Å². The van der Waals surface area contributed by atoms with Crippen LogP contribution in [0.2, 0.25) is 0 Å². The number of alkyl halides is 2. The van der Waals surface area contributed by atoms with E-state index in [0.717, 1.165) is 16.9 Å². The molecule has 1 N–H and O–H groups in total. The minimum atomic E-state index is -3.00. The van der Waals surface area contributed by atoms with Gasteiger partial charge >= 0.3 is 12.6 Å². The highest BCUT2D eigenvalue weighted by Gasteiger charge is 2.22. The van der Waals surface area contributed by atoms with Crippen molar-refractivity contribution in [2.45, 2.75) is 20.1 Å². The van der Waals surface area contributed by atoms with E-state index < -0.39 is 18.5 Å². The minimum absolute atomic E-state index is 0.109. The van der Waals surface area contributed by atoms with Crippen LogP contribution >= 0.6 is 11.3 Å². The summed E-state index contributed by atoms with van der Waals surface area (Å²) in [6.07, 6.45) is 0. The van der Waals surface area contributed by atoms with Crippen molar-refractivity contribution in [2.75, 3.05) is 7.05 Å². The van der Waals surface area contributed by atoms with Crippen LogP contribution in [-0.2, 0) is 6.54 Å². The molecule has 1 heterocycles. The summed E-state index contributed by atoms with van der Waals surface area (Å²) in [6.45, 7) is -1.09. The lowest BCUT2D eigenvalue weighted by atomic mass is 10.1. The van der Waals surface area contributed by atoms with Crippen LogP contribution in [0.25, 0.3) is 0 Å². The van der Waals surface area contributed by atoms with Crippen LogP contribution in [0, 0.1) is 6.92 Å². The number of aromatic carboxylic acids is 1. The molecule has 2 rings (SSSR count). The van der Waals surface area contributed by atoms with E-state index in [2.05, 4.69) is 4.74 Å². The van der Waals surface area contributed by atoms with Crippen molar-refractivity contribution in [2.24, 2.45) is 0 Å². The minimum Gasteiger partial charge on any atom is -0.478 e. The first-order chi connectivity index (χ1) is 11.3. The van der Waals surface area contributed by atoms with Crippen LogP contribution in [0.3, 0.4) is 0 Å². The molecule has 0 atom stereocenters. The van der Waals surface area contributed by atoms with Crippen LogP contribution in [0.15, 0.2) is 30.3 Å². The third-order valence-electron chi connectivity index (χ3n) is 3.20. The highest BCUT2D eigenvalue weighted by molar-refractivity contribution is 7.14. The third kappa shape index (κ3) is 4.29. The number of rotatable bonds is 6. The largest absolute Gasteiger partial charge is 0.478 e. The molecule has 0 unspecified atom stereocenters. The lowest BCUT2D eigenvalue weighted by Crippen LogP contribution is -2.26. The van der Waals surface area contributed by atoms with Crippen LogP contribution in [0.4, 0.5) is 8.78 Å². The molecule has 0 fully saturated rings. The Morgan fingerprint density at radius 1 is 1.29 bits per heavy atom. The van der Waals surface area contributed by atoms with Gasteiger partial charge in [-0.25, -0.2) is 4.79 Å². The summed E-state index contributed by atoms with van der Waals surface area (Å²) in [5.41, 5.74) is 0.870. The van der Waals surface area contributed by atoms with Gasteiger partial charge in [-0.2, -0.15) is 8.78 Å². The molecule has 5 nitrogen and oxygen atoms in total. The molecule has 0 aliphatic rings. The smallest absolute Gasteiger partial charge is 0.387 e. The SMILES string of the molecule is Cc1cc(OC(F)F)c(C(=O)N(C)Cc2ccc(C(=O)O)cc2)s1. The first kappa shape index (κ1) is 17.9. The average Bonchev–Trinajstić information content (AvgIpc) is 2.86. The number of amides is 1. The van der Waals surface area contributed by atoms with Crippen molar-refractivity contribution in [1.29, 1.82) is 0 Å². The Kier molecular flexibility index (Phi) is 5.50. The summed E-state index contributed by atoms with van der Waals surface area (Å²) in [4.78, 5) is 25.4. The predicted octanol–water partition coefficient (Wildman–Crippen LogP) is 3.63. The lowest BCUT2D eigenvalue weighted by Gasteiger charge is -2.17. The summed E-state index contributed by atoms with van der Waals surface area (Å²) in [7, 11) is 1.54. The number of carboxylic acids is 1. The predicted molar refractivity (Wildman–Crippen MR) is 84.9 cm³/mol. The van der Waals surface area contributed by atoms with E-state index in [1.54, 1.807) is 19.1 Å². The molecule has 1 aromatic carbocycles. The standard InChI is InChI=1S/C16H15F2NO4S/c1-9-7-12(23-16(17)18)13(24-9)14(20)19(2)8-10-3-5-11(6-4-10)15(21)22/h3-7,16H,8H2,1-2H3,(H,21,22). The molecule has 0 bridgehead atoms. The molecule has 0 saturated heterocycles. The monoisotopic (exact) mass is 355 g/mol. The molecule has 1 amide bonds. The van der Waals surface area contributed by atoms with E-state index in [1.165, 1.54) is 30.1 Å². The van der Waals surface area contributed by atoms with Gasteiger partial charge in [-0.15, -0.1) is 11.3 Å². The third-order valence-corrected chi connectivity index (χ3v) is 4.22. The van der Waals surface area contributed by atoms with E-state index in [0.29, 0.717) is 4.88 Å². The fraction of sp³-hybridized carbons (Fsp3) is 0.250. The number of hydrogen-bond donors (Lipinski definition) is 1. The van der Waals surface area contributed by atoms with Gasteiger partial charge in [0.1, 0.15) is 10.6 Å². The van der Waals surface area contributed by atoms with Crippen molar-refractivity contribution in [1.82, 2.24) is 4.90 Å². The molecular weight excluding hydrogens is 340 g/mol. The van der Waals surface area contributed by atoms with Gasteiger partial charge in [-0.1, -0.05) is 12.1 Å². The van der Waals surface area contributed by atoms with Gasteiger partial charge in [0.2, 0.25) is 0 Å². The topological polar surface area (TPSA) is 66.8 Å². The number of aryl methyl sites for hydroxylation is 1. The Bertz CT molecular complexity index is 743. The Balaban J connectivity index is 2.13. The van der Waals surface area contributed by atoms with Crippen LogP contribution in [0.1, 0.15) is 30.5 Å². The zero-order valence-corrected chi connectivity index (χ0v) is 13.8. The molecule has 8 heteroatoms. The number of halogens is 2. The molecule has 1 aromatic heterocycles. The first-order valence-electron chi connectivity index (χ1n) is 6.91. The summed E-state index contributed by atoms with van der Waals surface area (Å²) in [5.74, 6) is -1.61. The zero-order chi connectivity index (χ0) is 17.9. The highest BCUT2D eigenvalue weighted by atomic mass is 32.1. The second kappa shape index (κ2) is 7.39. The zero-order valence-electron chi connectivity index (χ0n) is 13.0. The van der Waals surface area contributed by atoms with E-state index in [9.17, 15) is 18.4 Å². The summed E-state index contributed by atoms with van der Waals surface area (Å²) >= 11 is 1.08. The fourth-order valence-corrected chi connectivity index (χ4v) is 3.03. The van der Waals surface area contributed by atoms with E-state index >= 15 is 0 Å². The second-order valence-corrected chi connectivity index (χ2v) is 6.35. The Hall–Kier alpha value is -2.48. The highest BCUT2D eigenvalue weighted by Crippen LogP contribution is 2.31. The number of carboxylic acid groups (broad SMARTS) is 1. The van der Waals surface area contributed by atoms with Gasteiger partial charge in [0.25, 0.3) is 5.91 Å². The molecule has 0 aliphatic carbocycles. The maximum absolute atomic E-state index is 12.5. The first-order valence-corrected chi connectivity index (χ1v) is 7.72. The summed E-state index contributed by atoms with van der Waals surface area (Å²) < 4.78 is 29.3. The lowest BCUT2D eigenvalue weighted by molar-refractivity contribution is -0.0499. The van der Waals surface area contributed by atoms with Crippen LogP contribution in [0.5, 0.6) is 5.75 Å². The summed E-state index contributed by atoms with van der Waals surface area (Å²) in [6, 6.07) is 7.49. The van der Waals surface area contributed by atoms with E-state index in [-0.39, 0.29) is 22.7 Å². The maximum atomic E-state index is 12.5. The van der Waals surface area contributed by atoms with Gasteiger partial charge in [-0.3, -0.25) is 4.79 Å². The maximum Gasteiger partial charge on any atom is 0.387 e. The second-order valence-electron chi connectivity index (χ2n) is 5.09. The number of ether oxygens (including phenoxy) is 1. The molecule has 0 spiro atoms. The Morgan fingerprint density at radius 3 is 2.46 bits per heavy atom. The van der Waals surface area contributed by atoms with Gasteiger partial charge in [0.05, 0.1) is 5.56 Å². The van der Waals surface area contributed by atoms with Gasteiger partial charge < -0.3 is 14.7 Å². The average molecular weight is 355 g/mol. The van der Waals surface area contributed by atoms with Crippen LogP contribution in [-0.4, -0.2) is 35.5 Å². The molecule has 128 valence electrons. The molecule has 0 saturated carbocycles. The van der Waals surface area contributed by atoms with Crippen molar-refractivity contribution in [3.8, 4) is 5.75 Å². The quantitative estimate of drug-likeness (QED) is 0.859. The Labute approximate surface area is 141 Å². The summed E-state index contributed by atoms with van der Waals surface area (Å²) in [5, 5.41) is 8.86. The van der Waals surface area contributed by atoms with Crippen molar-refractivity contribution < 1.29 is 28.2 Å². The van der Waals surface area contributed by atoms with Crippen LogP contribution < -0.4 is 4.74 Å². The molecule has 0 radical (unpaired) electrons. The van der Waals surface area contributed by atoms with Gasteiger partial charge in [0.15, 0.2) is 0 Å². The number of hydrogen-bond acceptors (Lipinski definition) is 4.